The van der Waals surface area contributed by atoms with Crippen molar-refractivity contribution in [3.63, 3.8) is 0 Å². The third-order valence-corrected chi connectivity index (χ3v) is 9.26. The Morgan fingerprint density at radius 1 is 1.21 bits per heavy atom. The third-order valence-electron chi connectivity index (χ3n) is 8.83. The minimum absolute atomic E-state index is 0.0519. The predicted octanol–water partition coefficient (Wildman–Crippen LogP) is 2.61. The molecule has 1 fully saturated rings. The van der Waals surface area contributed by atoms with Crippen LogP contribution in [0.5, 0.6) is 5.75 Å². The molecule has 0 aromatic heterocycles. The topological polar surface area (TPSA) is 161 Å². The molecule has 1 aromatic carbocycles. The standard InChI is InChI=1S/C29H33ClN2O7/c1-32(2)23-17-11-15-10-16-14(12-18(30)13-6-4-3-5-7-13)8-9-19(33)21(16)24(34)20(15)26(36)29(17,39)27(37)22(25(23)35)28(31)38/h6,8-9,15,17-18,23,33-34,37,39H,3-5,7,10-12H2,1-2H3,(H2,31,38)/t15-,17-,18?,23-,29-/m0/s1. The Hall–Kier alpha value is -3.14. The Morgan fingerprint density at radius 2 is 1.92 bits per heavy atom. The van der Waals surface area contributed by atoms with E-state index in [0.717, 1.165) is 31.2 Å². The second-order valence-corrected chi connectivity index (χ2v) is 11.8. The minimum atomic E-state index is -2.65. The van der Waals surface area contributed by atoms with Crippen LogP contribution in [0.25, 0.3) is 5.76 Å². The zero-order valence-electron chi connectivity index (χ0n) is 21.9. The van der Waals surface area contributed by atoms with Crippen LogP contribution in [0.3, 0.4) is 0 Å². The van der Waals surface area contributed by atoms with Crippen molar-refractivity contribution in [1.82, 2.24) is 4.90 Å². The van der Waals surface area contributed by atoms with Crippen LogP contribution in [0.1, 0.15) is 48.8 Å². The smallest absolute Gasteiger partial charge is 0.255 e. The number of phenolic OH excluding ortho intramolecular Hbond substituents is 1. The maximum atomic E-state index is 13.9. The number of aliphatic hydroxyl groups excluding tert-OH is 2. The number of fused-ring (bicyclic) bond motifs is 3. The molecule has 0 heterocycles. The largest absolute Gasteiger partial charge is 0.508 e. The van der Waals surface area contributed by atoms with Gasteiger partial charge in [-0.15, -0.1) is 11.6 Å². The van der Waals surface area contributed by atoms with Crippen molar-refractivity contribution in [3.05, 3.63) is 57.4 Å². The van der Waals surface area contributed by atoms with E-state index in [1.165, 1.54) is 16.5 Å². The number of ketones is 2. The van der Waals surface area contributed by atoms with Crippen LogP contribution in [0.15, 0.2) is 40.7 Å². The quantitative estimate of drug-likeness (QED) is 0.210. The second kappa shape index (κ2) is 9.80. The third kappa shape index (κ3) is 4.10. The molecule has 1 amide bonds. The Balaban J connectivity index is 1.63. The van der Waals surface area contributed by atoms with Gasteiger partial charge in [0.15, 0.2) is 11.4 Å². The van der Waals surface area contributed by atoms with Crippen LogP contribution < -0.4 is 5.73 Å². The summed E-state index contributed by atoms with van der Waals surface area (Å²) in [6.45, 7) is 0. The van der Waals surface area contributed by atoms with E-state index in [2.05, 4.69) is 6.08 Å². The minimum Gasteiger partial charge on any atom is -0.508 e. The number of allylic oxidation sites excluding steroid dienone is 2. The number of halogens is 1. The van der Waals surface area contributed by atoms with Crippen LogP contribution in [-0.4, -0.2) is 73.9 Å². The first-order valence-electron chi connectivity index (χ1n) is 13.2. The summed E-state index contributed by atoms with van der Waals surface area (Å²) in [6.07, 6.45) is 7.06. The van der Waals surface area contributed by atoms with Gasteiger partial charge in [0.1, 0.15) is 22.8 Å². The van der Waals surface area contributed by atoms with Crippen LogP contribution in [0.2, 0.25) is 0 Å². The maximum absolute atomic E-state index is 13.9. The highest BCUT2D eigenvalue weighted by Crippen LogP contribution is 2.53. The first-order chi connectivity index (χ1) is 18.4. The highest BCUT2D eigenvalue weighted by Gasteiger charge is 2.64. The van der Waals surface area contributed by atoms with E-state index in [1.807, 2.05) is 0 Å². The predicted molar refractivity (Wildman–Crippen MR) is 144 cm³/mol. The number of amides is 1. The lowest BCUT2D eigenvalue weighted by Gasteiger charge is -2.50. The van der Waals surface area contributed by atoms with E-state index in [9.17, 15) is 34.8 Å². The second-order valence-electron chi connectivity index (χ2n) is 11.3. The fourth-order valence-corrected chi connectivity index (χ4v) is 7.34. The Bertz CT molecular complexity index is 1380. The van der Waals surface area contributed by atoms with Gasteiger partial charge >= 0.3 is 0 Å². The molecule has 1 aromatic rings. The van der Waals surface area contributed by atoms with Crippen molar-refractivity contribution >= 4 is 34.8 Å². The van der Waals surface area contributed by atoms with Crippen LogP contribution in [-0.2, 0) is 27.2 Å². The van der Waals surface area contributed by atoms with Gasteiger partial charge in [0.05, 0.1) is 17.0 Å². The van der Waals surface area contributed by atoms with Crippen molar-refractivity contribution in [2.45, 2.75) is 62.0 Å². The first-order valence-corrected chi connectivity index (χ1v) is 13.6. The molecule has 6 N–H and O–H groups in total. The van der Waals surface area contributed by atoms with Gasteiger partial charge in [-0.05, 0) is 82.2 Å². The summed E-state index contributed by atoms with van der Waals surface area (Å²) in [7, 11) is 3.15. The first kappa shape index (κ1) is 27.4. The number of carbonyl (C=O) groups is 3. The summed E-state index contributed by atoms with van der Waals surface area (Å²) in [4.78, 5) is 40.7. The zero-order chi connectivity index (χ0) is 28.4. The van der Waals surface area contributed by atoms with Gasteiger partial charge in [0, 0.05) is 11.5 Å². The van der Waals surface area contributed by atoms with Crippen molar-refractivity contribution in [2.24, 2.45) is 17.6 Å². The fraction of sp³-hybridized carbons (Fsp3) is 0.483. The molecular formula is C29H33ClN2O7. The monoisotopic (exact) mass is 556 g/mol. The van der Waals surface area contributed by atoms with Gasteiger partial charge in [0.2, 0.25) is 5.78 Å². The van der Waals surface area contributed by atoms with Crippen LogP contribution in [0.4, 0.5) is 0 Å². The number of hydrogen-bond donors (Lipinski definition) is 5. The molecule has 0 saturated heterocycles. The number of primary amides is 1. The van der Waals surface area contributed by atoms with E-state index in [-0.39, 0.29) is 35.1 Å². The molecule has 0 spiro atoms. The fourth-order valence-electron chi connectivity index (χ4n) is 6.97. The van der Waals surface area contributed by atoms with Gasteiger partial charge in [-0.3, -0.25) is 19.3 Å². The summed E-state index contributed by atoms with van der Waals surface area (Å²) >= 11 is 6.80. The molecule has 0 bridgehead atoms. The Morgan fingerprint density at radius 3 is 2.54 bits per heavy atom. The molecule has 208 valence electrons. The summed E-state index contributed by atoms with van der Waals surface area (Å²) < 4.78 is 0. The average Bonchev–Trinajstić information content (AvgIpc) is 2.88. The molecular weight excluding hydrogens is 524 g/mol. The number of Topliss-reactive ketones (excluding diaryl/α,β-unsaturated/α-hetero) is 2. The molecule has 4 aliphatic carbocycles. The van der Waals surface area contributed by atoms with E-state index in [4.69, 9.17) is 17.3 Å². The molecule has 1 saturated carbocycles. The molecule has 4 aliphatic rings. The van der Waals surface area contributed by atoms with Gasteiger partial charge in [-0.25, -0.2) is 0 Å². The van der Waals surface area contributed by atoms with Crippen molar-refractivity contribution in [2.75, 3.05) is 14.1 Å². The number of aromatic hydroxyl groups is 1. The number of nitrogens with zero attached hydrogens (tertiary/aromatic N) is 1. The van der Waals surface area contributed by atoms with E-state index in [0.29, 0.717) is 12.0 Å². The molecule has 39 heavy (non-hydrogen) atoms. The lowest BCUT2D eigenvalue weighted by molar-refractivity contribution is -0.153. The van der Waals surface area contributed by atoms with Crippen molar-refractivity contribution in [3.8, 4) is 5.75 Å². The summed E-state index contributed by atoms with van der Waals surface area (Å²) in [6, 6.07) is 2.10. The number of alkyl halides is 1. The highest BCUT2D eigenvalue weighted by atomic mass is 35.5. The Labute approximate surface area is 231 Å². The number of likely N-dealkylation sites (N-methyl/N-ethyl adjacent to an activating group) is 1. The lowest BCUT2D eigenvalue weighted by atomic mass is 9.57. The summed E-state index contributed by atoms with van der Waals surface area (Å²) in [5, 5.41) is 44.5. The van der Waals surface area contributed by atoms with E-state index < -0.39 is 58.0 Å². The van der Waals surface area contributed by atoms with Gasteiger partial charge in [-0.1, -0.05) is 17.7 Å². The molecule has 9 nitrogen and oxygen atoms in total. The molecule has 10 heteroatoms. The number of carbonyl (C=O) groups excluding carboxylic acids is 3. The summed E-state index contributed by atoms with van der Waals surface area (Å²) in [5.41, 5.74) is 4.47. The van der Waals surface area contributed by atoms with Crippen LogP contribution in [0, 0.1) is 11.8 Å². The van der Waals surface area contributed by atoms with Crippen LogP contribution >= 0.6 is 11.6 Å². The molecule has 0 radical (unpaired) electrons. The molecule has 1 unspecified atom stereocenters. The molecule has 5 atom stereocenters. The summed E-state index contributed by atoms with van der Waals surface area (Å²) in [5.74, 6) is -6.59. The maximum Gasteiger partial charge on any atom is 0.255 e. The number of aliphatic hydroxyl groups is 3. The zero-order valence-corrected chi connectivity index (χ0v) is 22.7. The van der Waals surface area contributed by atoms with Gasteiger partial charge in [-0.2, -0.15) is 0 Å². The number of phenols is 1. The molecule has 0 aliphatic heterocycles. The SMILES string of the molecule is CN(C)[C@@H]1C(=O)C(C(N)=O)=C(O)[C@@]2(O)C(=O)C3=C(O)c4c(O)ccc(CC(Cl)C5=CCCCC5)c4C[C@H]3C[C@@H]12. The number of nitrogens with two attached hydrogens (primary N) is 1. The van der Waals surface area contributed by atoms with E-state index >= 15 is 0 Å². The number of rotatable bonds is 5. The average molecular weight is 557 g/mol. The van der Waals surface area contributed by atoms with E-state index in [1.54, 1.807) is 20.2 Å². The van der Waals surface area contributed by atoms with Crippen molar-refractivity contribution < 1.29 is 34.8 Å². The lowest BCUT2D eigenvalue weighted by Crippen LogP contribution is -2.65. The Kier molecular flexibility index (Phi) is 6.89. The van der Waals surface area contributed by atoms with Crippen molar-refractivity contribution in [1.29, 1.82) is 0 Å². The normalized spacial score (nSPS) is 29.6. The number of benzene rings is 1. The number of hydrogen-bond acceptors (Lipinski definition) is 8. The van der Waals surface area contributed by atoms with Gasteiger partial charge in [0.25, 0.3) is 5.91 Å². The van der Waals surface area contributed by atoms with Gasteiger partial charge < -0.3 is 26.2 Å². The molecule has 5 rings (SSSR count). The highest BCUT2D eigenvalue weighted by molar-refractivity contribution is 6.24.